The van der Waals surface area contributed by atoms with Gasteiger partial charge < -0.3 is 19.8 Å². The third kappa shape index (κ3) is 4.41. The number of H-pyrrole nitrogens is 1. The van der Waals surface area contributed by atoms with Crippen LogP contribution >= 0.6 is 0 Å². The predicted molar refractivity (Wildman–Crippen MR) is 124 cm³/mol. The average Bonchev–Trinajstić information content (AvgIpc) is 3.30. The molecule has 0 spiro atoms. The highest BCUT2D eigenvalue weighted by Crippen LogP contribution is 2.32. The molecule has 5 rings (SSSR count). The minimum Gasteiger partial charge on any atom is -0.454 e. The molecule has 0 radical (unpaired) electrons. The van der Waals surface area contributed by atoms with Crippen molar-refractivity contribution < 1.29 is 14.3 Å². The topological polar surface area (TPSA) is 102 Å². The Hall–Kier alpha value is -3.81. The fourth-order valence-electron chi connectivity index (χ4n) is 4.33. The molecule has 0 fully saturated rings. The number of carbonyl (C=O) groups is 1. The van der Waals surface area contributed by atoms with Gasteiger partial charge in [-0.05, 0) is 68.0 Å². The van der Waals surface area contributed by atoms with E-state index in [1.165, 1.54) is 18.4 Å². The van der Waals surface area contributed by atoms with Crippen molar-refractivity contribution >= 4 is 16.8 Å². The van der Waals surface area contributed by atoms with Gasteiger partial charge >= 0.3 is 5.69 Å². The molecule has 1 aromatic heterocycles. The molecule has 0 bridgehead atoms. The number of carbonyl (C=O) groups excluding carboxylic acids is 1. The number of rotatable bonds is 6. The van der Waals surface area contributed by atoms with Gasteiger partial charge in [0, 0.05) is 12.1 Å². The van der Waals surface area contributed by atoms with E-state index in [2.05, 4.69) is 16.4 Å². The van der Waals surface area contributed by atoms with Crippen LogP contribution in [0.25, 0.3) is 10.9 Å². The van der Waals surface area contributed by atoms with Crippen LogP contribution in [0.15, 0.2) is 57.6 Å². The molecule has 2 N–H and O–H groups in total. The zero-order valence-electron chi connectivity index (χ0n) is 18.2. The summed E-state index contributed by atoms with van der Waals surface area (Å²) >= 11 is 0. The van der Waals surface area contributed by atoms with E-state index in [0.717, 1.165) is 29.4 Å². The van der Waals surface area contributed by atoms with E-state index in [-0.39, 0.29) is 19.2 Å². The molecule has 8 nitrogen and oxygen atoms in total. The maximum atomic E-state index is 13.0. The summed E-state index contributed by atoms with van der Waals surface area (Å²) in [6.07, 6.45) is 7.79. The fraction of sp³-hybridized carbons (Fsp3) is 0.320. The second-order valence-corrected chi connectivity index (χ2v) is 8.38. The first kappa shape index (κ1) is 21.1. The van der Waals surface area contributed by atoms with Crippen LogP contribution in [-0.2, 0) is 6.54 Å². The van der Waals surface area contributed by atoms with Gasteiger partial charge in [-0.3, -0.25) is 14.2 Å². The number of amides is 1. The molecule has 33 heavy (non-hydrogen) atoms. The Morgan fingerprint density at radius 3 is 2.79 bits per heavy atom. The highest BCUT2D eigenvalue weighted by atomic mass is 16.7. The van der Waals surface area contributed by atoms with Crippen LogP contribution in [0.3, 0.4) is 0 Å². The average molecular weight is 447 g/mol. The molecule has 170 valence electrons. The first-order valence-corrected chi connectivity index (χ1v) is 11.2. The Morgan fingerprint density at radius 2 is 1.94 bits per heavy atom. The Kier molecular flexibility index (Phi) is 5.73. The van der Waals surface area contributed by atoms with Gasteiger partial charge in [-0.2, -0.15) is 0 Å². The highest BCUT2D eigenvalue weighted by Gasteiger charge is 2.16. The molecule has 1 amide bonds. The molecule has 0 atom stereocenters. The van der Waals surface area contributed by atoms with E-state index < -0.39 is 11.2 Å². The summed E-state index contributed by atoms with van der Waals surface area (Å²) in [7, 11) is 0. The number of nitrogens with one attached hydrogen (secondary N) is 2. The van der Waals surface area contributed by atoms with Crippen molar-refractivity contribution in [3.8, 4) is 11.5 Å². The van der Waals surface area contributed by atoms with Crippen LogP contribution in [0.1, 0.15) is 48.0 Å². The minimum absolute atomic E-state index is 0.0961. The molecule has 8 heteroatoms. The summed E-state index contributed by atoms with van der Waals surface area (Å²) < 4.78 is 11.8. The second-order valence-electron chi connectivity index (χ2n) is 8.38. The molecule has 1 aliphatic heterocycles. The van der Waals surface area contributed by atoms with E-state index >= 15 is 0 Å². The van der Waals surface area contributed by atoms with E-state index in [1.54, 1.807) is 36.4 Å². The molecule has 2 heterocycles. The van der Waals surface area contributed by atoms with Gasteiger partial charge in [0.1, 0.15) is 0 Å². The Bertz CT molecular complexity index is 1370. The van der Waals surface area contributed by atoms with E-state index in [4.69, 9.17) is 9.47 Å². The number of hydrogen-bond donors (Lipinski definition) is 2. The zero-order valence-corrected chi connectivity index (χ0v) is 18.2. The first-order chi connectivity index (χ1) is 16.1. The fourth-order valence-corrected chi connectivity index (χ4v) is 4.33. The zero-order chi connectivity index (χ0) is 22.8. The molecule has 0 saturated carbocycles. The van der Waals surface area contributed by atoms with Crippen LogP contribution in [0.5, 0.6) is 11.5 Å². The van der Waals surface area contributed by atoms with Gasteiger partial charge in [-0.25, -0.2) is 4.79 Å². The lowest BCUT2D eigenvalue weighted by molar-refractivity contribution is 0.0954. The van der Waals surface area contributed by atoms with Crippen LogP contribution < -0.4 is 26.0 Å². The predicted octanol–water partition coefficient (Wildman–Crippen LogP) is 3.09. The van der Waals surface area contributed by atoms with Gasteiger partial charge in [0.05, 0.1) is 17.4 Å². The summed E-state index contributed by atoms with van der Waals surface area (Å²) in [5.41, 5.74) is 1.94. The van der Waals surface area contributed by atoms with Crippen LogP contribution in [0.4, 0.5) is 0 Å². The lowest BCUT2D eigenvalue weighted by atomic mass is 9.97. The van der Waals surface area contributed by atoms with Crippen molar-refractivity contribution in [1.29, 1.82) is 0 Å². The molecule has 2 aromatic carbocycles. The number of aromatic nitrogens is 2. The first-order valence-electron chi connectivity index (χ1n) is 11.2. The van der Waals surface area contributed by atoms with Crippen molar-refractivity contribution in [2.75, 3.05) is 13.3 Å². The number of fused-ring (bicyclic) bond motifs is 2. The normalized spacial score (nSPS) is 14.8. The maximum absolute atomic E-state index is 13.0. The molecule has 3 aromatic rings. The maximum Gasteiger partial charge on any atom is 0.329 e. The van der Waals surface area contributed by atoms with Crippen molar-refractivity contribution in [3.05, 3.63) is 80.0 Å². The molecule has 1 aliphatic carbocycles. The van der Waals surface area contributed by atoms with Crippen molar-refractivity contribution in [1.82, 2.24) is 14.9 Å². The second kappa shape index (κ2) is 8.97. The Labute approximate surface area is 189 Å². The summed E-state index contributed by atoms with van der Waals surface area (Å²) in [5, 5.41) is 3.27. The highest BCUT2D eigenvalue weighted by molar-refractivity contribution is 5.97. The number of hydrogen-bond acceptors (Lipinski definition) is 5. The van der Waals surface area contributed by atoms with Gasteiger partial charge in [0.25, 0.3) is 11.5 Å². The van der Waals surface area contributed by atoms with E-state index in [9.17, 15) is 14.4 Å². The number of benzene rings is 2. The standard InChI is InChI=1S/C25H25N3O5/c29-23(26-11-10-16-4-2-1-3-5-16)18-7-8-19-20(13-18)27-25(31)28(24(19)30)14-17-6-9-21-22(12-17)33-15-32-21/h4,6-9,12-13H,1-3,5,10-11,14-15H2,(H,26,29)(H,27,31). The van der Waals surface area contributed by atoms with Crippen molar-refractivity contribution in [2.45, 2.75) is 38.6 Å². The van der Waals surface area contributed by atoms with Crippen LogP contribution in [0.2, 0.25) is 0 Å². The van der Waals surface area contributed by atoms with Crippen LogP contribution in [-0.4, -0.2) is 28.8 Å². The number of aromatic amines is 1. The smallest absolute Gasteiger partial charge is 0.329 e. The minimum atomic E-state index is -0.535. The van der Waals surface area contributed by atoms with Crippen LogP contribution in [0, 0.1) is 0 Å². The molecular formula is C25H25N3O5. The molecule has 2 aliphatic rings. The van der Waals surface area contributed by atoms with Crippen molar-refractivity contribution in [2.24, 2.45) is 0 Å². The molecule has 0 unspecified atom stereocenters. The monoisotopic (exact) mass is 447 g/mol. The third-order valence-corrected chi connectivity index (χ3v) is 6.14. The van der Waals surface area contributed by atoms with E-state index in [0.29, 0.717) is 34.5 Å². The number of ether oxygens (including phenoxy) is 2. The largest absolute Gasteiger partial charge is 0.454 e. The summed E-state index contributed by atoms with van der Waals surface area (Å²) in [5.74, 6) is 1.01. The third-order valence-electron chi connectivity index (χ3n) is 6.14. The lowest BCUT2D eigenvalue weighted by Gasteiger charge is -2.13. The summed E-state index contributed by atoms with van der Waals surface area (Å²) in [4.78, 5) is 41.0. The number of allylic oxidation sites excluding steroid dienone is 1. The Balaban J connectivity index is 1.34. The summed E-state index contributed by atoms with van der Waals surface area (Å²) in [6, 6.07) is 10.1. The van der Waals surface area contributed by atoms with Crippen molar-refractivity contribution in [3.63, 3.8) is 0 Å². The Morgan fingerprint density at radius 1 is 1.06 bits per heavy atom. The van der Waals surface area contributed by atoms with Gasteiger partial charge in [0.2, 0.25) is 6.79 Å². The summed E-state index contributed by atoms with van der Waals surface area (Å²) in [6.45, 7) is 0.818. The lowest BCUT2D eigenvalue weighted by Crippen LogP contribution is -2.35. The molecular weight excluding hydrogens is 422 g/mol. The molecule has 0 saturated heterocycles. The van der Waals surface area contributed by atoms with Gasteiger partial charge in [-0.1, -0.05) is 17.7 Å². The van der Waals surface area contributed by atoms with Gasteiger partial charge in [-0.15, -0.1) is 0 Å². The van der Waals surface area contributed by atoms with Gasteiger partial charge in [0.15, 0.2) is 11.5 Å². The number of nitrogens with zero attached hydrogens (tertiary/aromatic N) is 1. The quantitative estimate of drug-likeness (QED) is 0.566. The SMILES string of the molecule is O=C(NCCC1=CCCCC1)c1ccc2c(=O)n(Cc3ccc4c(c3)OCO4)c(=O)[nH]c2c1. The van der Waals surface area contributed by atoms with E-state index in [1.807, 2.05) is 0 Å².